The first kappa shape index (κ1) is 15.8. The van der Waals surface area contributed by atoms with Gasteiger partial charge in [0, 0.05) is 19.2 Å². The van der Waals surface area contributed by atoms with Gasteiger partial charge in [0.05, 0.1) is 6.61 Å². The molecule has 21 heavy (non-hydrogen) atoms. The summed E-state index contributed by atoms with van der Waals surface area (Å²) >= 11 is 0. The number of amides is 1. The number of nitrogens with zero attached hydrogens (tertiary/aromatic N) is 1. The molecule has 0 radical (unpaired) electrons. The Bertz CT molecular complexity index is 484. The fourth-order valence-corrected chi connectivity index (χ4v) is 2.58. The van der Waals surface area contributed by atoms with Gasteiger partial charge in [0.25, 0.3) is 5.91 Å². The van der Waals surface area contributed by atoms with Crippen molar-refractivity contribution in [2.75, 3.05) is 13.1 Å². The quantitative estimate of drug-likeness (QED) is 0.928. The Morgan fingerprint density at radius 1 is 1.29 bits per heavy atom. The van der Waals surface area contributed by atoms with Crippen molar-refractivity contribution >= 4 is 5.91 Å². The maximum Gasteiger partial charge on any atom is 0.263 e. The molecule has 116 valence electrons. The summed E-state index contributed by atoms with van der Waals surface area (Å²) in [6.45, 7) is 2.94. The summed E-state index contributed by atoms with van der Waals surface area (Å²) in [6, 6.07) is 4.02. The van der Waals surface area contributed by atoms with E-state index in [1.165, 1.54) is 12.1 Å². The molecule has 1 aromatic carbocycles. The molecule has 0 spiro atoms. The van der Waals surface area contributed by atoms with Crippen LogP contribution in [-0.2, 0) is 11.4 Å². The third kappa shape index (κ3) is 4.43. The summed E-state index contributed by atoms with van der Waals surface area (Å²) in [7, 11) is 0. The van der Waals surface area contributed by atoms with E-state index < -0.39 is 11.9 Å². The van der Waals surface area contributed by atoms with E-state index in [0.717, 1.165) is 38.8 Å². The van der Waals surface area contributed by atoms with E-state index in [1.807, 2.05) is 4.90 Å². The zero-order valence-electron chi connectivity index (χ0n) is 12.3. The number of benzene rings is 1. The predicted octanol–water partition coefficient (Wildman–Crippen LogP) is 2.49. The lowest BCUT2D eigenvalue weighted by atomic mass is 10.2. The van der Waals surface area contributed by atoms with Crippen molar-refractivity contribution in [3.63, 3.8) is 0 Å². The summed E-state index contributed by atoms with van der Waals surface area (Å²) in [6.07, 6.45) is 3.70. The molecule has 5 heteroatoms. The predicted molar refractivity (Wildman–Crippen MR) is 77.5 cm³/mol. The molecule has 0 bridgehead atoms. The molecule has 0 saturated carbocycles. The summed E-state index contributed by atoms with van der Waals surface area (Å²) in [5.74, 6) is -0.271. The first-order valence-electron chi connectivity index (χ1n) is 7.46. The average Bonchev–Trinajstić information content (AvgIpc) is 2.74. The van der Waals surface area contributed by atoms with Gasteiger partial charge < -0.3 is 14.7 Å². The molecule has 1 fully saturated rings. The second-order valence-electron chi connectivity index (χ2n) is 5.45. The van der Waals surface area contributed by atoms with Crippen molar-refractivity contribution in [3.8, 4) is 5.75 Å². The molecule has 0 aromatic heterocycles. The molecule has 1 N–H and O–H groups in total. The van der Waals surface area contributed by atoms with E-state index in [2.05, 4.69) is 0 Å². The van der Waals surface area contributed by atoms with Crippen LogP contribution in [0, 0.1) is 5.82 Å². The summed E-state index contributed by atoms with van der Waals surface area (Å²) in [4.78, 5) is 14.2. The summed E-state index contributed by atoms with van der Waals surface area (Å²) in [5, 5.41) is 9.07. The van der Waals surface area contributed by atoms with Crippen molar-refractivity contribution in [2.24, 2.45) is 0 Å². The van der Waals surface area contributed by atoms with Crippen LogP contribution in [0.1, 0.15) is 38.2 Å². The molecular weight excluding hydrogens is 273 g/mol. The third-order valence-corrected chi connectivity index (χ3v) is 3.69. The first-order chi connectivity index (χ1) is 10.1. The molecule has 4 nitrogen and oxygen atoms in total. The van der Waals surface area contributed by atoms with Gasteiger partial charge in [-0.15, -0.1) is 0 Å². The SMILES string of the molecule is CC(Oc1cc(F)cc(CO)c1)C(=O)N1CCCCCC1. The molecule has 1 amide bonds. The van der Waals surface area contributed by atoms with Crippen LogP contribution < -0.4 is 4.74 Å². The van der Waals surface area contributed by atoms with Crippen LogP contribution in [0.5, 0.6) is 5.75 Å². The van der Waals surface area contributed by atoms with Crippen molar-refractivity contribution in [3.05, 3.63) is 29.6 Å². The lowest BCUT2D eigenvalue weighted by Crippen LogP contribution is -2.41. The van der Waals surface area contributed by atoms with Crippen molar-refractivity contribution < 1.29 is 19.0 Å². The van der Waals surface area contributed by atoms with Crippen LogP contribution >= 0.6 is 0 Å². The number of carbonyl (C=O) groups is 1. The molecular formula is C16H22FNO3. The molecule has 1 atom stereocenters. The van der Waals surface area contributed by atoms with Gasteiger partial charge in [-0.3, -0.25) is 4.79 Å². The zero-order chi connectivity index (χ0) is 15.2. The third-order valence-electron chi connectivity index (χ3n) is 3.69. The lowest BCUT2D eigenvalue weighted by molar-refractivity contribution is -0.137. The number of hydrogen-bond donors (Lipinski definition) is 1. The minimum Gasteiger partial charge on any atom is -0.481 e. The van der Waals surface area contributed by atoms with Crippen LogP contribution in [0.25, 0.3) is 0 Å². The van der Waals surface area contributed by atoms with E-state index >= 15 is 0 Å². The zero-order valence-corrected chi connectivity index (χ0v) is 12.3. The summed E-state index contributed by atoms with van der Waals surface area (Å²) in [5.41, 5.74) is 0.430. The highest BCUT2D eigenvalue weighted by Crippen LogP contribution is 2.19. The molecule has 2 rings (SSSR count). The number of carbonyl (C=O) groups excluding carboxylic acids is 1. The van der Waals surface area contributed by atoms with Crippen molar-refractivity contribution in [1.82, 2.24) is 4.90 Å². The topological polar surface area (TPSA) is 49.8 Å². The van der Waals surface area contributed by atoms with Crippen LogP contribution in [0.3, 0.4) is 0 Å². The van der Waals surface area contributed by atoms with Gasteiger partial charge in [-0.1, -0.05) is 12.8 Å². The second kappa shape index (κ2) is 7.41. The molecule has 1 aliphatic heterocycles. The number of likely N-dealkylation sites (tertiary alicyclic amines) is 1. The maximum absolute atomic E-state index is 13.4. The first-order valence-corrected chi connectivity index (χ1v) is 7.46. The number of ether oxygens (including phenoxy) is 1. The molecule has 1 heterocycles. The molecule has 1 aliphatic rings. The minimum atomic E-state index is -0.656. The van der Waals surface area contributed by atoms with Gasteiger partial charge in [-0.25, -0.2) is 4.39 Å². The monoisotopic (exact) mass is 295 g/mol. The molecule has 1 unspecified atom stereocenters. The van der Waals surface area contributed by atoms with Crippen LogP contribution in [-0.4, -0.2) is 35.1 Å². The molecule has 1 saturated heterocycles. The van der Waals surface area contributed by atoms with Crippen LogP contribution in [0.15, 0.2) is 18.2 Å². The van der Waals surface area contributed by atoms with E-state index in [4.69, 9.17) is 9.84 Å². The Morgan fingerprint density at radius 3 is 2.57 bits per heavy atom. The van der Waals surface area contributed by atoms with Gasteiger partial charge in [0.15, 0.2) is 6.10 Å². The lowest BCUT2D eigenvalue weighted by Gasteiger charge is -2.24. The summed E-state index contributed by atoms with van der Waals surface area (Å²) < 4.78 is 18.9. The maximum atomic E-state index is 13.4. The number of aliphatic hydroxyl groups excluding tert-OH is 1. The molecule has 1 aromatic rings. The number of aliphatic hydroxyl groups is 1. The van der Waals surface area contributed by atoms with E-state index in [9.17, 15) is 9.18 Å². The Labute approximate surface area is 124 Å². The van der Waals surface area contributed by atoms with Crippen molar-refractivity contribution in [2.45, 2.75) is 45.3 Å². The van der Waals surface area contributed by atoms with Gasteiger partial charge in [-0.2, -0.15) is 0 Å². The Morgan fingerprint density at radius 2 is 1.95 bits per heavy atom. The highest BCUT2D eigenvalue weighted by molar-refractivity contribution is 5.80. The Kier molecular flexibility index (Phi) is 5.56. The smallest absolute Gasteiger partial charge is 0.263 e. The number of rotatable bonds is 4. The van der Waals surface area contributed by atoms with Gasteiger partial charge in [0.1, 0.15) is 11.6 Å². The molecule has 0 aliphatic carbocycles. The largest absolute Gasteiger partial charge is 0.481 e. The van der Waals surface area contributed by atoms with Gasteiger partial charge in [0.2, 0.25) is 0 Å². The fourth-order valence-electron chi connectivity index (χ4n) is 2.58. The highest BCUT2D eigenvalue weighted by atomic mass is 19.1. The normalized spacial score (nSPS) is 17.2. The minimum absolute atomic E-state index is 0.0632. The second-order valence-corrected chi connectivity index (χ2v) is 5.45. The Balaban J connectivity index is 2.01. The van der Waals surface area contributed by atoms with E-state index in [1.54, 1.807) is 13.0 Å². The van der Waals surface area contributed by atoms with Gasteiger partial charge in [-0.05, 0) is 37.5 Å². The van der Waals surface area contributed by atoms with Crippen LogP contribution in [0.4, 0.5) is 4.39 Å². The average molecular weight is 295 g/mol. The van der Waals surface area contributed by atoms with Crippen molar-refractivity contribution in [1.29, 1.82) is 0 Å². The van der Waals surface area contributed by atoms with Crippen LogP contribution in [0.2, 0.25) is 0 Å². The van der Waals surface area contributed by atoms with E-state index in [-0.39, 0.29) is 18.3 Å². The van der Waals surface area contributed by atoms with Gasteiger partial charge >= 0.3 is 0 Å². The highest BCUT2D eigenvalue weighted by Gasteiger charge is 2.23. The fraction of sp³-hybridized carbons (Fsp3) is 0.562. The van der Waals surface area contributed by atoms with E-state index in [0.29, 0.717) is 5.56 Å². The Hall–Kier alpha value is -1.62. The number of hydrogen-bond acceptors (Lipinski definition) is 3. The number of halogens is 1. The standard InChI is InChI=1S/C16H22FNO3/c1-12(16(20)18-6-4-2-3-5-7-18)21-15-9-13(11-19)8-14(17)10-15/h8-10,12,19H,2-7,11H2,1H3.